The Kier molecular flexibility index (Phi) is 5.46. The molecule has 7 heteroatoms. The van der Waals surface area contributed by atoms with Crippen molar-refractivity contribution in [2.24, 2.45) is 0 Å². The van der Waals surface area contributed by atoms with Crippen LogP contribution in [0.2, 0.25) is 0 Å². The molecule has 1 fully saturated rings. The first-order chi connectivity index (χ1) is 9.02. The van der Waals surface area contributed by atoms with Crippen LogP contribution in [-0.2, 0) is 4.74 Å². The Morgan fingerprint density at radius 1 is 1.58 bits per heavy atom. The Morgan fingerprint density at radius 2 is 2.21 bits per heavy atom. The maximum Gasteiger partial charge on any atom is 0.351 e. The molecule has 0 aromatic carbocycles. The second kappa shape index (κ2) is 6.65. The van der Waals surface area contributed by atoms with Crippen LogP contribution in [0.15, 0.2) is 11.0 Å². The molecule has 1 saturated heterocycles. The number of anilines is 1. The lowest BCUT2D eigenvalue weighted by molar-refractivity contribution is -0.0459. The quantitative estimate of drug-likeness (QED) is 0.687. The fourth-order valence-electron chi connectivity index (χ4n) is 1.84. The first-order valence-corrected chi connectivity index (χ1v) is 6.32. The summed E-state index contributed by atoms with van der Waals surface area (Å²) in [4.78, 5) is 15.3. The number of aliphatic hydroxyl groups is 2. The molecule has 0 bridgehead atoms. The molecule has 0 saturated carbocycles. The highest BCUT2D eigenvalue weighted by atomic mass is 16.5. The summed E-state index contributed by atoms with van der Waals surface area (Å²) < 4.78 is 6.65. The van der Waals surface area contributed by atoms with Crippen molar-refractivity contribution in [1.82, 2.24) is 9.55 Å². The summed E-state index contributed by atoms with van der Waals surface area (Å²) in [6, 6.07) is 0. The molecule has 7 nitrogen and oxygen atoms in total. The van der Waals surface area contributed by atoms with Gasteiger partial charge >= 0.3 is 5.69 Å². The third-order valence-corrected chi connectivity index (χ3v) is 2.87. The number of hydrogen-bond acceptors (Lipinski definition) is 6. The molecule has 1 aromatic rings. The van der Waals surface area contributed by atoms with Crippen LogP contribution in [0.5, 0.6) is 0 Å². The molecule has 108 valence electrons. The fraction of sp³-hybridized carbons (Fsp3) is 0.667. The van der Waals surface area contributed by atoms with Crippen molar-refractivity contribution in [2.45, 2.75) is 45.6 Å². The number of nitrogens with zero attached hydrogens (tertiary/aromatic N) is 2. The predicted octanol–water partition coefficient (Wildman–Crippen LogP) is -0.199. The molecule has 1 unspecified atom stereocenters. The zero-order chi connectivity index (χ0) is 14.6. The van der Waals surface area contributed by atoms with E-state index in [4.69, 9.17) is 15.6 Å². The maximum atomic E-state index is 11.6. The van der Waals surface area contributed by atoms with Gasteiger partial charge in [-0.1, -0.05) is 13.8 Å². The standard InChI is InChI=1S/C10H15N3O4.C2H6/c1-5-3-13(10(16)12-9(5)11)8-2-6(15)7(4-14)17-8;1-2/h3,6-8,14-15H,2,4H2,1H3,(H2,11,12,16);1-2H3/t6-,7?,8-;/m1./s1. The lowest BCUT2D eigenvalue weighted by Gasteiger charge is -2.15. The van der Waals surface area contributed by atoms with Crippen LogP contribution in [0.25, 0.3) is 0 Å². The van der Waals surface area contributed by atoms with E-state index < -0.39 is 24.1 Å². The van der Waals surface area contributed by atoms with Crippen molar-refractivity contribution in [3.05, 3.63) is 22.2 Å². The van der Waals surface area contributed by atoms with Crippen LogP contribution in [0.1, 0.15) is 32.1 Å². The lowest BCUT2D eigenvalue weighted by Crippen LogP contribution is -2.28. The molecule has 0 amide bonds. The fourth-order valence-corrected chi connectivity index (χ4v) is 1.84. The van der Waals surface area contributed by atoms with Gasteiger partial charge in [0.2, 0.25) is 0 Å². The average molecular weight is 271 g/mol. The number of aryl methyl sites for hydroxylation is 1. The molecule has 19 heavy (non-hydrogen) atoms. The minimum Gasteiger partial charge on any atom is -0.394 e. The summed E-state index contributed by atoms with van der Waals surface area (Å²) in [5.41, 5.74) is 5.65. The number of ether oxygens (including phenoxy) is 1. The lowest BCUT2D eigenvalue weighted by atomic mass is 10.2. The SMILES string of the molecule is CC.Cc1cn([C@H]2C[C@@H](O)C(CO)O2)c(=O)nc1N. The van der Waals surface area contributed by atoms with Gasteiger partial charge in [-0.25, -0.2) is 4.79 Å². The Balaban J connectivity index is 0.000000861. The molecule has 0 aliphatic carbocycles. The van der Waals surface area contributed by atoms with E-state index in [9.17, 15) is 9.90 Å². The topological polar surface area (TPSA) is 111 Å². The predicted molar refractivity (Wildman–Crippen MR) is 70.6 cm³/mol. The third-order valence-electron chi connectivity index (χ3n) is 2.87. The van der Waals surface area contributed by atoms with Crippen molar-refractivity contribution in [3.63, 3.8) is 0 Å². The molecule has 1 aromatic heterocycles. The van der Waals surface area contributed by atoms with Crippen molar-refractivity contribution >= 4 is 5.82 Å². The van der Waals surface area contributed by atoms with Crippen molar-refractivity contribution in [3.8, 4) is 0 Å². The average Bonchev–Trinajstić information content (AvgIpc) is 2.77. The van der Waals surface area contributed by atoms with Gasteiger partial charge in [-0.05, 0) is 6.92 Å². The van der Waals surface area contributed by atoms with Gasteiger partial charge in [0, 0.05) is 18.2 Å². The van der Waals surface area contributed by atoms with Crippen LogP contribution < -0.4 is 11.4 Å². The number of nitrogens with two attached hydrogens (primary N) is 1. The molecule has 2 rings (SSSR count). The molecule has 0 spiro atoms. The highest BCUT2D eigenvalue weighted by Gasteiger charge is 2.35. The highest BCUT2D eigenvalue weighted by molar-refractivity contribution is 5.35. The molecule has 1 aliphatic rings. The summed E-state index contributed by atoms with van der Waals surface area (Å²) in [6.07, 6.45) is -0.265. The Morgan fingerprint density at radius 3 is 2.74 bits per heavy atom. The van der Waals surface area contributed by atoms with Crippen LogP contribution in [-0.4, -0.2) is 38.6 Å². The summed E-state index contributed by atoms with van der Waals surface area (Å²) in [7, 11) is 0. The second-order valence-electron chi connectivity index (χ2n) is 4.11. The van der Waals surface area contributed by atoms with Gasteiger partial charge in [0.25, 0.3) is 0 Å². The molecular weight excluding hydrogens is 250 g/mol. The van der Waals surface area contributed by atoms with Crippen LogP contribution >= 0.6 is 0 Å². The van der Waals surface area contributed by atoms with Gasteiger partial charge in [-0.2, -0.15) is 4.98 Å². The molecule has 2 heterocycles. The van der Waals surface area contributed by atoms with E-state index >= 15 is 0 Å². The minimum atomic E-state index is -0.783. The van der Waals surface area contributed by atoms with Gasteiger partial charge in [0.1, 0.15) is 18.1 Å². The van der Waals surface area contributed by atoms with E-state index in [1.54, 1.807) is 13.1 Å². The van der Waals surface area contributed by atoms with Crippen molar-refractivity contribution in [1.29, 1.82) is 0 Å². The maximum absolute atomic E-state index is 11.6. The number of aromatic nitrogens is 2. The van der Waals surface area contributed by atoms with Crippen LogP contribution in [0.3, 0.4) is 0 Å². The van der Waals surface area contributed by atoms with Gasteiger partial charge in [-0.3, -0.25) is 4.57 Å². The van der Waals surface area contributed by atoms with Gasteiger partial charge in [0.15, 0.2) is 0 Å². The summed E-state index contributed by atoms with van der Waals surface area (Å²) >= 11 is 0. The number of hydrogen-bond donors (Lipinski definition) is 3. The highest BCUT2D eigenvalue weighted by Crippen LogP contribution is 2.27. The largest absolute Gasteiger partial charge is 0.394 e. The van der Waals surface area contributed by atoms with Crippen LogP contribution in [0.4, 0.5) is 5.82 Å². The molecule has 3 atom stereocenters. The minimum absolute atomic E-state index is 0.184. The zero-order valence-electron chi connectivity index (χ0n) is 11.4. The number of nitrogen functional groups attached to an aromatic ring is 1. The van der Waals surface area contributed by atoms with E-state index in [1.165, 1.54) is 4.57 Å². The summed E-state index contributed by atoms with van der Waals surface area (Å²) in [5, 5.41) is 18.6. The second-order valence-corrected chi connectivity index (χ2v) is 4.11. The zero-order valence-corrected chi connectivity index (χ0v) is 11.4. The monoisotopic (exact) mass is 271 g/mol. The first-order valence-electron chi connectivity index (χ1n) is 6.32. The molecule has 1 aliphatic heterocycles. The number of rotatable bonds is 2. The Bertz CT molecular complexity index is 475. The Hall–Kier alpha value is -1.44. The van der Waals surface area contributed by atoms with Gasteiger partial charge in [0.05, 0.1) is 12.7 Å². The summed E-state index contributed by atoms with van der Waals surface area (Å²) in [5.74, 6) is 0.184. The van der Waals surface area contributed by atoms with Crippen LogP contribution in [0, 0.1) is 6.92 Å². The Labute approximate surface area is 111 Å². The van der Waals surface area contributed by atoms with E-state index in [1.807, 2.05) is 13.8 Å². The van der Waals surface area contributed by atoms with Crippen molar-refractivity contribution < 1.29 is 14.9 Å². The smallest absolute Gasteiger partial charge is 0.351 e. The van der Waals surface area contributed by atoms with E-state index in [0.717, 1.165) is 0 Å². The van der Waals surface area contributed by atoms with Gasteiger partial charge in [-0.15, -0.1) is 0 Å². The van der Waals surface area contributed by atoms with Gasteiger partial charge < -0.3 is 20.7 Å². The summed E-state index contributed by atoms with van der Waals surface area (Å²) in [6.45, 7) is 5.45. The third kappa shape index (κ3) is 3.31. The normalized spacial score (nSPS) is 25.8. The first kappa shape index (κ1) is 15.6. The number of aliphatic hydroxyl groups excluding tert-OH is 2. The van der Waals surface area contributed by atoms with Crippen molar-refractivity contribution in [2.75, 3.05) is 12.3 Å². The van der Waals surface area contributed by atoms with E-state index in [0.29, 0.717) is 5.56 Å². The van der Waals surface area contributed by atoms with E-state index in [2.05, 4.69) is 4.98 Å². The van der Waals surface area contributed by atoms with E-state index in [-0.39, 0.29) is 18.8 Å². The molecule has 0 radical (unpaired) electrons. The molecular formula is C12H21N3O4. The molecule has 4 N–H and O–H groups in total.